The summed E-state index contributed by atoms with van der Waals surface area (Å²) in [6.07, 6.45) is 0. The molecule has 0 unspecified atom stereocenters. The molecule has 0 atom stereocenters. The van der Waals surface area contributed by atoms with Crippen LogP contribution in [0.25, 0.3) is 33.0 Å². The van der Waals surface area contributed by atoms with E-state index in [2.05, 4.69) is 6.07 Å². The van der Waals surface area contributed by atoms with Gasteiger partial charge in [-0.1, -0.05) is 48.5 Å². The Morgan fingerprint density at radius 2 is 1.22 bits per heavy atom. The summed E-state index contributed by atoms with van der Waals surface area (Å²) in [6, 6.07) is 25.6. The summed E-state index contributed by atoms with van der Waals surface area (Å²) in [4.78, 5) is 0. The minimum Gasteiger partial charge on any atom is -0.507 e. The molecule has 4 aromatic carbocycles. The van der Waals surface area contributed by atoms with Crippen molar-refractivity contribution < 1.29 is 14.6 Å². The van der Waals surface area contributed by atoms with Crippen molar-refractivity contribution in [1.82, 2.24) is 0 Å². The van der Waals surface area contributed by atoms with Crippen LogP contribution in [-0.2, 0) is 0 Å². The fraction of sp³-hybridized carbons (Fsp3) is 0.0833. The lowest BCUT2D eigenvalue weighted by Gasteiger charge is -2.15. The lowest BCUT2D eigenvalue weighted by molar-refractivity contribution is 0.415. The standard InChI is InChI=1S/C24H20O3/c1-26-19-11-7-16(8-12-19)22-15-18-5-3-4-6-21(18)23(24(22)25)17-9-13-20(27-2)14-10-17/h3-15,25H,1-2H3. The number of aromatic hydroxyl groups is 1. The molecule has 0 aliphatic heterocycles. The van der Waals surface area contributed by atoms with Gasteiger partial charge in [0.05, 0.1) is 14.2 Å². The van der Waals surface area contributed by atoms with E-state index in [1.807, 2.05) is 72.8 Å². The number of benzene rings is 4. The van der Waals surface area contributed by atoms with Gasteiger partial charge in [0.1, 0.15) is 17.2 Å². The first-order valence-corrected chi connectivity index (χ1v) is 8.75. The zero-order valence-corrected chi connectivity index (χ0v) is 15.3. The average Bonchev–Trinajstić information content (AvgIpc) is 2.73. The second-order valence-corrected chi connectivity index (χ2v) is 6.33. The third-order valence-electron chi connectivity index (χ3n) is 4.80. The third-order valence-corrected chi connectivity index (χ3v) is 4.80. The number of fused-ring (bicyclic) bond motifs is 1. The van der Waals surface area contributed by atoms with Gasteiger partial charge in [0.15, 0.2) is 0 Å². The van der Waals surface area contributed by atoms with E-state index in [0.29, 0.717) is 0 Å². The monoisotopic (exact) mass is 356 g/mol. The second-order valence-electron chi connectivity index (χ2n) is 6.33. The fourth-order valence-corrected chi connectivity index (χ4v) is 3.38. The fourth-order valence-electron chi connectivity index (χ4n) is 3.38. The molecule has 134 valence electrons. The van der Waals surface area contributed by atoms with Crippen LogP contribution in [0.5, 0.6) is 17.2 Å². The minimum absolute atomic E-state index is 0.268. The molecule has 0 aliphatic carbocycles. The van der Waals surface area contributed by atoms with Gasteiger partial charge < -0.3 is 14.6 Å². The summed E-state index contributed by atoms with van der Waals surface area (Å²) in [5.74, 6) is 1.84. The molecule has 0 amide bonds. The van der Waals surface area contributed by atoms with Gasteiger partial charge in [-0.2, -0.15) is 0 Å². The molecule has 0 fully saturated rings. The Morgan fingerprint density at radius 1 is 0.667 bits per heavy atom. The lowest BCUT2D eigenvalue weighted by atomic mass is 9.91. The number of phenolic OH excluding ortho intramolecular Hbond substituents is 1. The van der Waals surface area contributed by atoms with Crippen molar-refractivity contribution in [3.8, 4) is 39.5 Å². The van der Waals surface area contributed by atoms with Gasteiger partial charge in [-0.05, 0) is 52.2 Å². The average molecular weight is 356 g/mol. The van der Waals surface area contributed by atoms with Crippen LogP contribution < -0.4 is 9.47 Å². The van der Waals surface area contributed by atoms with Crippen molar-refractivity contribution >= 4 is 10.8 Å². The molecular formula is C24H20O3. The van der Waals surface area contributed by atoms with E-state index < -0.39 is 0 Å². The van der Waals surface area contributed by atoms with Crippen LogP contribution in [0.3, 0.4) is 0 Å². The van der Waals surface area contributed by atoms with E-state index in [1.165, 1.54) is 0 Å². The highest BCUT2D eigenvalue weighted by molar-refractivity contribution is 6.04. The zero-order chi connectivity index (χ0) is 18.8. The third kappa shape index (κ3) is 3.08. The first kappa shape index (κ1) is 17.0. The molecule has 0 aliphatic rings. The van der Waals surface area contributed by atoms with Gasteiger partial charge in [0, 0.05) is 11.1 Å². The lowest BCUT2D eigenvalue weighted by Crippen LogP contribution is -1.89. The molecule has 1 N–H and O–H groups in total. The summed E-state index contributed by atoms with van der Waals surface area (Å²) >= 11 is 0. The van der Waals surface area contributed by atoms with Gasteiger partial charge >= 0.3 is 0 Å². The van der Waals surface area contributed by atoms with Crippen molar-refractivity contribution in [2.75, 3.05) is 14.2 Å². The van der Waals surface area contributed by atoms with Gasteiger partial charge in [0.25, 0.3) is 0 Å². The van der Waals surface area contributed by atoms with Crippen molar-refractivity contribution in [2.24, 2.45) is 0 Å². The Hall–Kier alpha value is -3.46. The summed E-state index contributed by atoms with van der Waals surface area (Å²) in [5, 5.41) is 13.3. The van der Waals surface area contributed by atoms with Crippen LogP contribution in [0, 0.1) is 0 Å². The molecular weight excluding hydrogens is 336 g/mol. The molecule has 0 heterocycles. The largest absolute Gasteiger partial charge is 0.507 e. The zero-order valence-electron chi connectivity index (χ0n) is 15.3. The number of hydrogen-bond acceptors (Lipinski definition) is 3. The first-order chi connectivity index (χ1) is 13.2. The smallest absolute Gasteiger partial charge is 0.131 e. The molecule has 3 nitrogen and oxygen atoms in total. The Balaban J connectivity index is 1.96. The van der Waals surface area contributed by atoms with Crippen molar-refractivity contribution in [1.29, 1.82) is 0 Å². The SMILES string of the molecule is COc1ccc(-c2cc3ccccc3c(-c3ccc(OC)cc3)c2O)cc1. The predicted octanol–water partition coefficient (Wildman–Crippen LogP) is 5.90. The number of hydrogen-bond donors (Lipinski definition) is 1. The van der Waals surface area contributed by atoms with Gasteiger partial charge in [-0.25, -0.2) is 0 Å². The summed E-state index contributed by atoms with van der Waals surface area (Å²) in [7, 11) is 3.29. The highest BCUT2D eigenvalue weighted by Gasteiger charge is 2.16. The van der Waals surface area contributed by atoms with E-state index in [0.717, 1.165) is 44.5 Å². The van der Waals surface area contributed by atoms with E-state index in [1.54, 1.807) is 14.2 Å². The maximum Gasteiger partial charge on any atom is 0.131 e. The Labute approximate surface area is 158 Å². The minimum atomic E-state index is 0.268. The number of ether oxygens (including phenoxy) is 2. The van der Waals surface area contributed by atoms with Crippen molar-refractivity contribution in [3.05, 3.63) is 78.9 Å². The van der Waals surface area contributed by atoms with Crippen molar-refractivity contribution in [2.45, 2.75) is 0 Å². The van der Waals surface area contributed by atoms with Crippen LogP contribution >= 0.6 is 0 Å². The quantitative estimate of drug-likeness (QED) is 0.495. The highest BCUT2D eigenvalue weighted by atomic mass is 16.5. The maximum atomic E-state index is 11.2. The topological polar surface area (TPSA) is 38.7 Å². The Bertz CT molecular complexity index is 1080. The van der Waals surface area contributed by atoms with Crippen LogP contribution in [0.4, 0.5) is 0 Å². The molecule has 0 radical (unpaired) electrons. The van der Waals surface area contributed by atoms with Crippen LogP contribution in [0.1, 0.15) is 0 Å². The van der Waals surface area contributed by atoms with Gasteiger partial charge in [0.2, 0.25) is 0 Å². The molecule has 0 saturated heterocycles. The molecule has 0 aromatic heterocycles. The number of rotatable bonds is 4. The molecule has 4 aromatic rings. The summed E-state index contributed by atoms with van der Waals surface area (Å²) < 4.78 is 10.5. The number of methoxy groups -OCH3 is 2. The molecule has 0 bridgehead atoms. The van der Waals surface area contributed by atoms with Crippen LogP contribution in [0.2, 0.25) is 0 Å². The van der Waals surface area contributed by atoms with E-state index in [-0.39, 0.29) is 5.75 Å². The Kier molecular flexibility index (Phi) is 4.43. The highest BCUT2D eigenvalue weighted by Crippen LogP contribution is 2.44. The van der Waals surface area contributed by atoms with Crippen LogP contribution in [0.15, 0.2) is 78.9 Å². The predicted molar refractivity (Wildman–Crippen MR) is 110 cm³/mol. The first-order valence-electron chi connectivity index (χ1n) is 8.75. The number of phenols is 1. The van der Waals surface area contributed by atoms with Gasteiger partial charge in [-0.15, -0.1) is 0 Å². The van der Waals surface area contributed by atoms with E-state index in [9.17, 15) is 5.11 Å². The van der Waals surface area contributed by atoms with Crippen molar-refractivity contribution in [3.63, 3.8) is 0 Å². The summed E-state index contributed by atoms with van der Waals surface area (Å²) in [5.41, 5.74) is 3.50. The molecule has 0 spiro atoms. The van der Waals surface area contributed by atoms with Crippen LogP contribution in [-0.4, -0.2) is 19.3 Å². The van der Waals surface area contributed by atoms with E-state index in [4.69, 9.17) is 9.47 Å². The normalized spacial score (nSPS) is 10.7. The second kappa shape index (κ2) is 7.04. The van der Waals surface area contributed by atoms with Gasteiger partial charge in [-0.3, -0.25) is 0 Å². The Morgan fingerprint density at radius 3 is 1.81 bits per heavy atom. The molecule has 3 heteroatoms. The summed E-state index contributed by atoms with van der Waals surface area (Å²) in [6.45, 7) is 0. The maximum absolute atomic E-state index is 11.2. The molecule has 27 heavy (non-hydrogen) atoms. The van der Waals surface area contributed by atoms with E-state index >= 15 is 0 Å². The molecule has 4 rings (SSSR count). The molecule has 0 saturated carbocycles.